The van der Waals surface area contributed by atoms with E-state index in [0.717, 1.165) is 16.7 Å². The van der Waals surface area contributed by atoms with Crippen LogP contribution >= 0.6 is 15.9 Å². The molecule has 0 aliphatic heterocycles. The molecule has 1 aliphatic carbocycles. The summed E-state index contributed by atoms with van der Waals surface area (Å²) in [6.07, 6.45) is 6.77. The summed E-state index contributed by atoms with van der Waals surface area (Å²) in [6, 6.07) is 10.9. The summed E-state index contributed by atoms with van der Waals surface area (Å²) in [7, 11) is 0. The third-order valence-electron chi connectivity index (χ3n) is 3.92. The zero-order chi connectivity index (χ0) is 11.4. The minimum absolute atomic E-state index is 0.732. The van der Waals surface area contributed by atoms with Gasteiger partial charge in [-0.1, -0.05) is 59.6 Å². The number of hydrogen-bond donors (Lipinski definition) is 0. The summed E-state index contributed by atoms with van der Waals surface area (Å²) < 4.78 is 0. The molecule has 0 spiro atoms. The summed E-state index contributed by atoms with van der Waals surface area (Å²) in [5.41, 5.74) is 1.49. The van der Waals surface area contributed by atoms with E-state index in [1.807, 2.05) is 0 Å². The Hall–Kier alpha value is -0.300. The molecule has 0 heterocycles. The van der Waals surface area contributed by atoms with Crippen molar-refractivity contribution in [1.82, 2.24) is 0 Å². The van der Waals surface area contributed by atoms with Crippen LogP contribution in [0.3, 0.4) is 0 Å². The van der Waals surface area contributed by atoms with E-state index in [1.165, 1.54) is 37.7 Å². The summed E-state index contributed by atoms with van der Waals surface area (Å²) in [6.45, 7) is 2.33. The second-order valence-electron chi connectivity index (χ2n) is 5.05. The number of alkyl halides is 1. The molecule has 0 N–H and O–H groups in total. The third-order valence-corrected chi connectivity index (χ3v) is 5.12. The molecule has 0 saturated heterocycles. The molecule has 2 rings (SSSR count). The first-order chi connectivity index (χ1) is 7.79. The zero-order valence-electron chi connectivity index (χ0n) is 10.0. The Bertz CT molecular complexity index is 306. The predicted molar refractivity (Wildman–Crippen MR) is 74.0 cm³/mol. The van der Waals surface area contributed by atoms with Crippen molar-refractivity contribution in [2.24, 2.45) is 11.8 Å². The van der Waals surface area contributed by atoms with Crippen molar-refractivity contribution in [3.05, 3.63) is 35.9 Å². The van der Waals surface area contributed by atoms with Crippen LogP contribution in [0, 0.1) is 11.8 Å². The van der Waals surface area contributed by atoms with Crippen molar-refractivity contribution in [2.45, 2.75) is 43.9 Å². The molecule has 1 aromatic rings. The van der Waals surface area contributed by atoms with Gasteiger partial charge < -0.3 is 0 Å². The highest BCUT2D eigenvalue weighted by Gasteiger charge is 2.27. The quantitative estimate of drug-likeness (QED) is 0.697. The first-order valence-electron chi connectivity index (χ1n) is 6.47. The molecule has 1 fully saturated rings. The predicted octanol–water partition coefficient (Wildman–Crippen LogP) is 4.82. The molecule has 3 unspecified atom stereocenters. The fourth-order valence-electron chi connectivity index (χ4n) is 2.82. The molecule has 3 atom stereocenters. The van der Waals surface area contributed by atoms with Gasteiger partial charge in [-0.05, 0) is 43.1 Å². The van der Waals surface area contributed by atoms with Crippen molar-refractivity contribution in [3.8, 4) is 0 Å². The Kier molecular flexibility index (Phi) is 4.45. The standard InChI is InChI=1S/C15H21Br/c1-2-12-8-9-15(16)14(10-12)11-13-6-4-3-5-7-13/h3-7,12,14-15H,2,8-11H2,1H3. The lowest BCUT2D eigenvalue weighted by Gasteiger charge is -2.33. The van der Waals surface area contributed by atoms with Gasteiger partial charge in [0.2, 0.25) is 0 Å². The van der Waals surface area contributed by atoms with Gasteiger partial charge in [-0.2, -0.15) is 0 Å². The average molecular weight is 281 g/mol. The monoisotopic (exact) mass is 280 g/mol. The summed E-state index contributed by atoms with van der Waals surface area (Å²) in [4.78, 5) is 0.732. The number of hydrogen-bond acceptors (Lipinski definition) is 0. The maximum atomic E-state index is 3.87. The highest BCUT2D eigenvalue weighted by Crippen LogP contribution is 2.37. The van der Waals surface area contributed by atoms with Gasteiger partial charge >= 0.3 is 0 Å². The van der Waals surface area contributed by atoms with Crippen LogP contribution in [0.15, 0.2) is 30.3 Å². The normalized spacial score (nSPS) is 30.2. The molecule has 1 saturated carbocycles. The van der Waals surface area contributed by atoms with E-state index in [1.54, 1.807) is 0 Å². The molecular weight excluding hydrogens is 260 g/mol. The van der Waals surface area contributed by atoms with E-state index < -0.39 is 0 Å². The van der Waals surface area contributed by atoms with E-state index in [4.69, 9.17) is 0 Å². The molecule has 1 aliphatic rings. The van der Waals surface area contributed by atoms with Crippen LogP contribution < -0.4 is 0 Å². The van der Waals surface area contributed by atoms with Crippen LogP contribution in [-0.2, 0) is 6.42 Å². The highest BCUT2D eigenvalue weighted by molar-refractivity contribution is 9.09. The Labute approximate surface area is 108 Å². The Balaban J connectivity index is 1.97. The topological polar surface area (TPSA) is 0 Å². The molecule has 0 nitrogen and oxygen atoms in total. The summed E-state index contributed by atoms with van der Waals surface area (Å²) >= 11 is 3.87. The molecule has 16 heavy (non-hydrogen) atoms. The van der Waals surface area contributed by atoms with Gasteiger partial charge in [0, 0.05) is 4.83 Å². The van der Waals surface area contributed by atoms with E-state index in [2.05, 4.69) is 53.2 Å². The zero-order valence-corrected chi connectivity index (χ0v) is 11.6. The summed E-state index contributed by atoms with van der Waals surface area (Å²) in [5, 5.41) is 0. The van der Waals surface area contributed by atoms with E-state index in [0.29, 0.717) is 0 Å². The van der Waals surface area contributed by atoms with E-state index >= 15 is 0 Å². The van der Waals surface area contributed by atoms with Gasteiger partial charge in [-0.3, -0.25) is 0 Å². The maximum Gasteiger partial charge on any atom is 0.0177 e. The van der Waals surface area contributed by atoms with Gasteiger partial charge in [-0.25, -0.2) is 0 Å². The Morgan fingerprint density at radius 2 is 1.94 bits per heavy atom. The molecule has 0 aromatic heterocycles. The van der Waals surface area contributed by atoms with Gasteiger partial charge in [0.15, 0.2) is 0 Å². The first kappa shape index (κ1) is 12.2. The minimum atomic E-state index is 0.732. The van der Waals surface area contributed by atoms with Crippen LogP contribution in [0.25, 0.3) is 0 Å². The SMILES string of the molecule is CCC1CCC(Br)C(Cc2ccccc2)C1. The van der Waals surface area contributed by atoms with Crippen LogP contribution in [0.2, 0.25) is 0 Å². The Morgan fingerprint density at radius 3 is 2.62 bits per heavy atom. The van der Waals surface area contributed by atoms with Crippen molar-refractivity contribution in [3.63, 3.8) is 0 Å². The molecular formula is C15H21Br. The van der Waals surface area contributed by atoms with Crippen LogP contribution in [0.5, 0.6) is 0 Å². The molecule has 0 radical (unpaired) electrons. The number of halogens is 1. The molecule has 1 heteroatoms. The van der Waals surface area contributed by atoms with Crippen LogP contribution in [0.4, 0.5) is 0 Å². The molecule has 88 valence electrons. The fraction of sp³-hybridized carbons (Fsp3) is 0.600. The van der Waals surface area contributed by atoms with Gasteiger partial charge in [0.05, 0.1) is 0 Å². The fourth-order valence-corrected chi connectivity index (χ4v) is 3.49. The van der Waals surface area contributed by atoms with Gasteiger partial charge in [-0.15, -0.1) is 0 Å². The average Bonchev–Trinajstić information content (AvgIpc) is 2.33. The van der Waals surface area contributed by atoms with Crippen molar-refractivity contribution in [2.75, 3.05) is 0 Å². The largest absolute Gasteiger partial charge is 0.0888 e. The highest BCUT2D eigenvalue weighted by atomic mass is 79.9. The van der Waals surface area contributed by atoms with Gasteiger partial charge in [0.1, 0.15) is 0 Å². The smallest absolute Gasteiger partial charge is 0.0177 e. The number of benzene rings is 1. The second-order valence-corrected chi connectivity index (χ2v) is 6.23. The van der Waals surface area contributed by atoms with Crippen molar-refractivity contribution in [1.29, 1.82) is 0 Å². The lowest BCUT2D eigenvalue weighted by Crippen LogP contribution is -2.26. The molecule has 0 bridgehead atoms. The maximum absolute atomic E-state index is 3.87. The van der Waals surface area contributed by atoms with Crippen molar-refractivity contribution < 1.29 is 0 Å². The van der Waals surface area contributed by atoms with Crippen LogP contribution in [0.1, 0.15) is 38.2 Å². The first-order valence-corrected chi connectivity index (χ1v) is 7.39. The van der Waals surface area contributed by atoms with Crippen LogP contribution in [-0.4, -0.2) is 4.83 Å². The Morgan fingerprint density at radius 1 is 1.19 bits per heavy atom. The lowest BCUT2D eigenvalue weighted by molar-refractivity contribution is 0.271. The minimum Gasteiger partial charge on any atom is -0.0888 e. The lowest BCUT2D eigenvalue weighted by atomic mass is 9.77. The van der Waals surface area contributed by atoms with E-state index in [-0.39, 0.29) is 0 Å². The van der Waals surface area contributed by atoms with Crippen molar-refractivity contribution >= 4 is 15.9 Å². The second kappa shape index (κ2) is 5.86. The summed E-state index contributed by atoms with van der Waals surface area (Å²) in [5.74, 6) is 1.80. The molecule has 1 aromatic carbocycles. The third kappa shape index (κ3) is 3.10. The molecule has 0 amide bonds. The van der Waals surface area contributed by atoms with Gasteiger partial charge in [0.25, 0.3) is 0 Å². The number of rotatable bonds is 3. The van der Waals surface area contributed by atoms with E-state index in [9.17, 15) is 0 Å².